The lowest BCUT2D eigenvalue weighted by Gasteiger charge is -2.31. The molecule has 1 aromatic carbocycles. The van der Waals surface area contributed by atoms with E-state index in [0.29, 0.717) is 24.1 Å². The molecule has 2 amide bonds. The highest BCUT2D eigenvalue weighted by Crippen LogP contribution is 2.30. The van der Waals surface area contributed by atoms with Gasteiger partial charge in [-0.15, -0.1) is 10.2 Å². The van der Waals surface area contributed by atoms with Crippen molar-refractivity contribution in [2.45, 2.75) is 49.6 Å². The molecule has 1 unspecified atom stereocenters. The average Bonchev–Trinajstić information content (AvgIpc) is 3.30. The second kappa shape index (κ2) is 7.72. The molecule has 142 valence electrons. The third-order valence-electron chi connectivity index (χ3n) is 4.95. The first-order chi connectivity index (χ1) is 13.1. The van der Waals surface area contributed by atoms with Crippen LogP contribution in [0.1, 0.15) is 37.6 Å². The summed E-state index contributed by atoms with van der Waals surface area (Å²) in [5.41, 5.74) is 2.21. The largest absolute Gasteiger partial charge is 0.414 e. The Hall–Kier alpha value is -2.35. The highest BCUT2D eigenvalue weighted by Gasteiger charge is 2.28. The van der Waals surface area contributed by atoms with Gasteiger partial charge in [0.05, 0.1) is 11.8 Å². The van der Waals surface area contributed by atoms with Crippen molar-refractivity contribution >= 4 is 29.3 Å². The Morgan fingerprint density at radius 3 is 2.85 bits per heavy atom. The molecule has 0 aliphatic carbocycles. The molecule has 0 saturated carbocycles. The average molecular weight is 386 g/mol. The summed E-state index contributed by atoms with van der Waals surface area (Å²) in [6, 6.07) is 8.06. The van der Waals surface area contributed by atoms with Crippen LogP contribution < -0.4 is 4.90 Å². The molecule has 0 bridgehead atoms. The maximum absolute atomic E-state index is 13.0. The smallest absolute Gasteiger partial charge is 0.277 e. The molecular formula is C19H22N4O3S. The summed E-state index contributed by atoms with van der Waals surface area (Å²) in [5, 5.41) is 8.08. The van der Waals surface area contributed by atoms with E-state index in [0.717, 1.165) is 38.0 Å². The summed E-state index contributed by atoms with van der Waals surface area (Å²) in [4.78, 5) is 28.2. The lowest BCUT2D eigenvalue weighted by Crippen LogP contribution is -2.40. The van der Waals surface area contributed by atoms with E-state index in [1.54, 1.807) is 4.90 Å². The fraction of sp³-hybridized carbons (Fsp3) is 0.474. The predicted octanol–water partition coefficient (Wildman–Crippen LogP) is 2.65. The van der Waals surface area contributed by atoms with Crippen LogP contribution in [0.4, 0.5) is 5.69 Å². The molecule has 4 rings (SSSR count). The number of amides is 2. The van der Waals surface area contributed by atoms with Gasteiger partial charge < -0.3 is 14.2 Å². The second-order valence-corrected chi connectivity index (χ2v) is 8.15. The highest BCUT2D eigenvalue weighted by atomic mass is 32.2. The summed E-state index contributed by atoms with van der Waals surface area (Å²) in [6.07, 6.45) is 3.43. The molecule has 3 heterocycles. The minimum atomic E-state index is -0.335. The van der Waals surface area contributed by atoms with Crippen LogP contribution in [0.15, 0.2) is 33.9 Å². The van der Waals surface area contributed by atoms with Crippen molar-refractivity contribution in [1.82, 2.24) is 15.1 Å². The number of carbonyl (C=O) groups is 2. The zero-order chi connectivity index (χ0) is 18.8. The Morgan fingerprint density at radius 2 is 2.04 bits per heavy atom. The van der Waals surface area contributed by atoms with Gasteiger partial charge in [-0.1, -0.05) is 30.0 Å². The molecular weight excluding hydrogens is 364 g/mol. The third kappa shape index (κ3) is 3.85. The number of likely N-dealkylation sites (tertiary alicyclic amines) is 1. The molecule has 1 atom stereocenters. The van der Waals surface area contributed by atoms with Crippen molar-refractivity contribution in [3.63, 3.8) is 0 Å². The minimum absolute atomic E-state index is 0.0432. The number of nitrogens with zero attached hydrogens (tertiary/aromatic N) is 4. The van der Waals surface area contributed by atoms with E-state index < -0.39 is 0 Å². The molecule has 0 N–H and O–H groups in total. The van der Waals surface area contributed by atoms with E-state index >= 15 is 0 Å². The standard InChI is InChI=1S/C19H22N4O3S/c1-13(18(25)23-11-4-7-14-6-2-3-8-15(14)23)27-19-21-20-16(26-19)12-22-10-5-9-17(22)24/h2-3,6,8,13H,4-5,7,9-12H2,1H3. The third-order valence-corrected chi connectivity index (χ3v) is 5.87. The van der Waals surface area contributed by atoms with Crippen LogP contribution in [0.5, 0.6) is 0 Å². The first-order valence-corrected chi connectivity index (χ1v) is 10.2. The van der Waals surface area contributed by atoms with Crippen LogP contribution in [0.3, 0.4) is 0 Å². The van der Waals surface area contributed by atoms with Gasteiger partial charge >= 0.3 is 0 Å². The number of para-hydroxylation sites is 1. The summed E-state index contributed by atoms with van der Waals surface area (Å²) >= 11 is 1.26. The maximum Gasteiger partial charge on any atom is 0.277 e. The van der Waals surface area contributed by atoms with Crippen LogP contribution >= 0.6 is 11.8 Å². The molecule has 2 aliphatic heterocycles. The highest BCUT2D eigenvalue weighted by molar-refractivity contribution is 8.00. The van der Waals surface area contributed by atoms with Crippen LogP contribution in [-0.4, -0.2) is 45.3 Å². The number of benzene rings is 1. The van der Waals surface area contributed by atoms with Gasteiger partial charge in [0.25, 0.3) is 5.22 Å². The Balaban J connectivity index is 1.40. The van der Waals surface area contributed by atoms with Crippen LogP contribution in [0.2, 0.25) is 0 Å². The molecule has 27 heavy (non-hydrogen) atoms. The van der Waals surface area contributed by atoms with Crippen LogP contribution in [0, 0.1) is 0 Å². The van der Waals surface area contributed by atoms with Crippen molar-refractivity contribution in [3.8, 4) is 0 Å². The maximum atomic E-state index is 13.0. The Morgan fingerprint density at radius 1 is 1.22 bits per heavy atom. The van der Waals surface area contributed by atoms with E-state index in [2.05, 4.69) is 16.3 Å². The monoisotopic (exact) mass is 386 g/mol. The van der Waals surface area contributed by atoms with Gasteiger partial charge in [-0.05, 0) is 37.8 Å². The van der Waals surface area contributed by atoms with E-state index in [4.69, 9.17) is 4.42 Å². The fourth-order valence-corrected chi connectivity index (χ4v) is 4.33. The van der Waals surface area contributed by atoms with Crippen molar-refractivity contribution < 1.29 is 14.0 Å². The molecule has 2 aromatic rings. The fourth-order valence-electron chi connectivity index (χ4n) is 3.57. The SMILES string of the molecule is CC(Sc1nnc(CN2CCCC2=O)o1)C(=O)N1CCCc2ccccc21. The number of fused-ring (bicyclic) bond motifs is 1. The number of anilines is 1. The van der Waals surface area contributed by atoms with Gasteiger partial charge in [-0.25, -0.2) is 0 Å². The Labute approximate surface area is 162 Å². The summed E-state index contributed by atoms with van der Waals surface area (Å²) in [7, 11) is 0. The summed E-state index contributed by atoms with van der Waals surface area (Å²) < 4.78 is 5.65. The summed E-state index contributed by atoms with van der Waals surface area (Å²) in [5.74, 6) is 0.576. The van der Waals surface area contributed by atoms with E-state index in [-0.39, 0.29) is 17.1 Å². The lowest BCUT2D eigenvalue weighted by atomic mass is 10.0. The number of aryl methyl sites for hydroxylation is 1. The quantitative estimate of drug-likeness (QED) is 0.735. The van der Waals surface area contributed by atoms with Crippen molar-refractivity contribution in [2.75, 3.05) is 18.0 Å². The van der Waals surface area contributed by atoms with Gasteiger partial charge in [0, 0.05) is 25.2 Å². The normalized spacial score (nSPS) is 17.9. The van der Waals surface area contributed by atoms with Gasteiger partial charge in [0.2, 0.25) is 17.7 Å². The molecule has 8 heteroatoms. The number of carbonyl (C=O) groups excluding carboxylic acids is 2. The van der Waals surface area contributed by atoms with E-state index in [1.807, 2.05) is 30.0 Å². The Kier molecular flexibility index (Phi) is 5.15. The topological polar surface area (TPSA) is 79.5 Å². The lowest BCUT2D eigenvalue weighted by molar-refractivity contribution is -0.128. The molecule has 1 saturated heterocycles. The van der Waals surface area contributed by atoms with Crippen molar-refractivity contribution in [3.05, 3.63) is 35.7 Å². The van der Waals surface area contributed by atoms with Gasteiger partial charge in [-0.3, -0.25) is 9.59 Å². The minimum Gasteiger partial charge on any atom is -0.414 e. The van der Waals surface area contributed by atoms with Gasteiger partial charge in [0.1, 0.15) is 0 Å². The Bertz CT molecular complexity index is 853. The van der Waals surface area contributed by atoms with E-state index in [1.165, 1.54) is 17.3 Å². The zero-order valence-electron chi connectivity index (χ0n) is 15.3. The predicted molar refractivity (Wildman–Crippen MR) is 101 cm³/mol. The first kappa shape index (κ1) is 18.0. The first-order valence-electron chi connectivity index (χ1n) is 9.28. The van der Waals surface area contributed by atoms with Gasteiger partial charge in [0.15, 0.2) is 0 Å². The number of hydrogen-bond acceptors (Lipinski definition) is 6. The summed E-state index contributed by atoms with van der Waals surface area (Å²) in [6.45, 7) is 3.66. The molecule has 0 spiro atoms. The number of aromatic nitrogens is 2. The molecule has 1 aromatic heterocycles. The molecule has 2 aliphatic rings. The zero-order valence-corrected chi connectivity index (χ0v) is 16.1. The van der Waals surface area contributed by atoms with Gasteiger partial charge in [-0.2, -0.15) is 0 Å². The number of thioether (sulfide) groups is 1. The molecule has 1 fully saturated rings. The second-order valence-electron chi connectivity index (χ2n) is 6.86. The number of rotatable bonds is 5. The van der Waals surface area contributed by atoms with Crippen LogP contribution in [-0.2, 0) is 22.6 Å². The molecule has 7 nitrogen and oxygen atoms in total. The number of hydrogen-bond donors (Lipinski definition) is 0. The van der Waals surface area contributed by atoms with E-state index in [9.17, 15) is 9.59 Å². The van der Waals surface area contributed by atoms with Crippen molar-refractivity contribution in [1.29, 1.82) is 0 Å². The molecule has 0 radical (unpaired) electrons. The van der Waals surface area contributed by atoms with Crippen LogP contribution in [0.25, 0.3) is 0 Å². The van der Waals surface area contributed by atoms with Crippen molar-refractivity contribution in [2.24, 2.45) is 0 Å².